The number of urea groups is 1. The van der Waals surface area contributed by atoms with Crippen molar-refractivity contribution >= 4 is 23.4 Å². The average Bonchev–Trinajstić information content (AvgIpc) is 2.86. The smallest absolute Gasteiger partial charge is 0.319 e. The van der Waals surface area contributed by atoms with Crippen molar-refractivity contribution in [2.45, 2.75) is 57.2 Å². The standard InChI is InChI=1S/C28H35FN4O4/c1-18(35)20-6-4-7-23(14-20)31-28(37)32-25-8-3-2-5-21(25)15-33-16-24(30-27(36)26(33)17-34)13-19-9-11-22(29)12-10-19/h4,6-7,9-12,14,21,24-26,34H,2-3,5,8,13,15-17H2,1H3,(H,30,36)(H2,31,32,37). The van der Waals surface area contributed by atoms with Crippen molar-refractivity contribution in [2.24, 2.45) is 5.92 Å². The minimum Gasteiger partial charge on any atom is -0.394 e. The summed E-state index contributed by atoms with van der Waals surface area (Å²) in [6.07, 6.45) is 4.33. The van der Waals surface area contributed by atoms with Crippen molar-refractivity contribution in [3.05, 3.63) is 65.5 Å². The molecular weight excluding hydrogens is 475 g/mol. The van der Waals surface area contributed by atoms with Crippen LogP contribution in [0.15, 0.2) is 48.5 Å². The summed E-state index contributed by atoms with van der Waals surface area (Å²) in [5.41, 5.74) is 2.01. The second-order valence-electron chi connectivity index (χ2n) is 10.1. The first-order valence-corrected chi connectivity index (χ1v) is 12.9. The molecule has 1 heterocycles. The predicted molar refractivity (Wildman–Crippen MR) is 139 cm³/mol. The lowest BCUT2D eigenvalue weighted by atomic mass is 9.83. The van der Waals surface area contributed by atoms with E-state index >= 15 is 0 Å². The topological polar surface area (TPSA) is 111 Å². The second kappa shape index (κ2) is 12.3. The molecule has 8 nitrogen and oxygen atoms in total. The maximum atomic E-state index is 13.3. The average molecular weight is 511 g/mol. The van der Waals surface area contributed by atoms with Crippen LogP contribution >= 0.6 is 0 Å². The van der Waals surface area contributed by atoms with Gasteiger partial charge in [-0.1, -0.05) is 37.1 Å². The number of nitrogens with one attached hydrogen (secondary N) is 3. The molecule has 1 saturated heterocycles. The molecule has 1 aliphatic carbocycles. The summed E-state index contributed by atoms with van der Waals surface area (Å²) >= 11 is 0. The van der Waals surface area contributed by atoms with Crippen LogP contribution in [0.4, 0.5) is 14.9 Å². The maximum absolute atomic E-state index is 13.3. The zero-order valence-corrected chi connectivity index (χ0v) is 21.1. The normalized spacial score (nSPS) is 24.2. The highest BCUT2D eigenvalue weighted by molar-refractivity contribution is 5.96. The first-order valence-electron chi connectivity index (χ1n) is 12.9. The molecule has 0 bridgehead atoms. The van der Waals surface area contributed by atoms with Crippen LogP contribution in [0.3, 0.4) is 0 Å². The number of carbonyl (C=O) groups is 3. The zero-order chi connectivity index (χ0) is 26.4. The van der Waals surface area contributed by atoms with Crippen molar-refractivity contribution in [3.63, 3.8) is 0 Å². The van der Waals surface area contributed by atoms with Crippen LogP contribution in [0.1, 0.15) is 48.5 Å². The number of ketones is 1. The van der Waals surface area contributed by atoms with E-state index in [1.807, 2.05) is 4.90 Å². The Morgan fingerprint density at radius 2 is 1.89 bits per heavy atom. The summed E-state index contributed by atoms with van der Waals surface area (Å²) in [7, 11) is 0. The number of nitrogens with zero attached hydrogens (tertiary/aromatic N) is 1. The fraction of sp³-hybridized carbons (Fsp3) is 0.464. The molecule has 0 aromatic heterocycles. The van der Waals surface area contributed by atoms with E-state index in [0.717, 1.165) is 31.2 Å². The number of piperazine rings is 1. The SMILES string of the molecule is CC(=O)c1cccc(NC(=O)NC2CCCCC2CN2CC(Cc3ccc(F)cc3)NC(=O)C2CO)c1. The van der Waals surface area contributed by atoms with Crippen LogP contribution in [0.25, 0.3) is 0 Å². The van der Waals surface area contributed by atoms with E-state index in [4.69, 9.17) is 0 Å². The molecule has 4 N–H and O–H groups in total. The summed E-state index contributed by atoms with van der Waals surface area (Å²) < 4.78 is 13.3. The number of anilines is 1. The van der Waals surface area contributed by atoms with Crippen molar-refractivity contribution in [1.82, 2.24) is 15.5 Å². The minimum absolute atomic E-state index is 0.0712. The van der Waals surface area contributed by atoms with E-state index in [1.165, 1.54) is 19.1 Å². The molecule has 2 aliphatic rings. The molecule has 9 heteroatoms. The Balaban J connectivity index is 1.40. The Labute approximate surface area is 216 Å². The lowest BCUT2D eigenvalue weighted by Gasteiger charge is -2.42. The molecule has 2 aromatic rings. The monoisotopic (exact) mass is 510 g/mol. The molecule has 0 spiro atoms. The fourth-order valence-corrected chi connectivity index (χ4v) is 5.41. The van der Waals surface area contributed by atoms with E-state index in [-0.39, 0.29) is 48.1 Å². The van der Waals surface area contributed by atoms with Gasteiger partial charge >= 0.3 is 6.03 Å². The molecule has 4 unspecified atom stereocenters. The number of Topliss-reactive ketones (excluding diaryl/α,β-unsaturated/α-hetero) is 1. The van der Waals surface area contributed by atoms with Crippen molar-refractivity contribution in [1.29, 1.82) is 0 Å². The number of aliphatic hydroxyl groups excluding tert-OH is 1. The summed E-state index contributed by atoms with van der Waals surface area (Å²) in [4.78, 5) is 39.3. The van der Waals surface area contributed by atoms with Gasteiger partial charge in [0.05, 0.1) is 6.61 Å². The molecule has 1 aliphatic heterocycles. The van der Waals surface area contributed by atoms with Gasteiger partial charge in [-0.05, 0) is 61.9 Å². The highest BCUT2D eigenvalue weighted by Gasteiger charge is 2.37. The van der Waals surface area contributed by atoms with Gasteiger partial charge in [-0.15, -0.1) is 0 Å². The first-order chi connectivity index (χ1) is 17.8. The molecule has 1 saturated carbocycles. The number of carbonyl (C=O) groups excluding carboxylic acids is 3. The summed E-state index contributed by atoms with van der Waals surface area (Å²) in [6, 6.07) is 11.9. The Morgan fingerprint density at radius 3 is 2.62 bits per heavy atom. The number of hydrogen-bond acceptors (Lipinski definition) is 5. The third kappa shape index (κ3) is 7.14. The van der Waals surface area contributed by atoms with Gasteiger partial charge in [0, 0.05) is 36.4 Å². The Morgan fingerprint density at radius 1 is 1.14 bits per heavy atom. The molecule has 198 valence electrons. The number of benzene rings is 2. The molecule has 4 rings (SSSR count). The van der Waals surface area contributed by atoms with E-state index < -0.39 is 6.04 Å². The van der Waals surface area contributed by atoms with Crippen LogP contribution in [0.5, 0.6) is 0 Å². The van der Waals surface area contributed by atoms with Crippen molar-refractivity contribution in [2.75, 3.05) is 25.0 Å². The summed E-state index contributed by atoms with van der Waals surface area (Å²) in [6.45, 7) is 2.33. The Hall–Kier alpha value is -3.30. The molecular formula is C28H35FN4O4. The quantitative estimate of drug-likeness (QED) is 0.408. The van der Waals surface area contributed by atoms with Gasteiger partial charge in [0.2, 0.25) is 5.91 Å². The van der Waals surface area contributed by atoms with Gasteiger partial charge in [0.25, 0.3) is 0 Å². The highest BCUT2D eigenvalue weighted by Crippen LogP contribution is 2.27. The highest BCUT2D eigenvalue weighted by atomic mass is 19.1. The lowest BCUT2D eigenvalue weighted by molar-refractivity contribution is -0.133. The number of hydrogen-bond donors (Lipinski definition) is 4. The van der Waals surface area contributed by atoms with E-state index in [9.17, 15) is 23.9 Å². The van der Waals surface area contributed by atoms with Gasteiger partial charge in [0.1, 0.15) is 11.9 Å². The van der Waals surface area contributed by atoms with Crippen LogP contribution in [-0.4, -0.2) is 65.5 Å². The molecule has 3 amide bonds. The maximum Gasteiger partial charge on any atom is 0.319 e. The van der Waals surface area contributed by atoms with Crippen LogP contribution in [0, 0.1) is 11.7 Å². The Bertz CT molecular complexity index is 1110. The van der Waals surface area contributed by atoms with Crippen molar-refractivity contribution in [3.8, 4) is 0 Å². The second-order valence-corrected chi connectivity index (χ2v) is 10.1. The van der Waals surface area contributed by atoms with E-state index in [0.29, 0.717) is 30.8 Å². The van der Waals surface area contributed by atoms with Gasteiger partial charge in [0.15, 0.2) is 5.78 Å². The Kier molecular flexibility index (Phi) is 8.89. The van der Waals surface area contributed by atoms with Gasteiger partial charge in [-0.25, -0.2) is 9.18 Å². The number of halogens is 1. The summed E-state index contributed by atoms with van der Waals surface area (Å²) in [5.74, 6) is -0.471. The zero-order valence-electron chi connectivity index (χ0n) is 21.1. The van der Waals surface area contributed by atoms with Crippen molar-refractivity contribution < 1.29 is 23.9 Å². The molecule has 0 radical (unpaired) electrons. The number of amides is 3. The van der Waals surface area contributed by atoms with E-state index in [1.54, 1.807) is 36.4 Å². The largest absolute Gasteiger partial charge is 0.394 e. The summed E-state index contributed by atoms with van der Waals surface area (Å²) in [5, 5.41) is 18.9. The molecule has 4 atom stereocenters. The lowest BCUT2D eigenvalue weighted by Crippen LogP contribution is -2.63. The first kappa shape index (κ1) is 26.8. The predicted octanol–water partition coefficient (Wildman–Crippen LogP) is 3.11. The van der Waals surface area contributed by atoms with Crippen LogP contribution in [-0.2, 0) is 11.2 Å². The molecule has 37 heavy (non-hydrogen) atoms. The minimum atomic E-state index is -0.643. The number of rotatable bonds is 8. The molecule has 2 aromatic carbocycles. The van der Waals surface area contributed by atoms with Gasteiger partial charge in [-0.2, -0.15) is 0 Å². The third-order valence-corrected chi connectivity index (χ3v) is 7.33. The van der Waals surface area contributed by atoms with Gasteiger partial charge < -0.3 is 21.1 Å². The van der Waals surface area contributed by atoms with E-state index in [2.05, 4.69) is 16.0 Å². The fourth-order valence-electron chi connectivity index (χ4n) is 5.41. The van der Waals surface area contributed by atoms with Gasteiger partial charge in [-0.3, -0.25) is 14.5 Å². The molecule has 2 fully saturated rings. The van der Waals surface area contributed by atoms with Crippen LogP contribution < -0.4 is 16.0 Å². The third-order valence-electron chi connectivity index (χ3n) is 7.33. The number of aliphatic hydroxyl groups is 1. The van der Waals surface area contributed by atoms with Crippen LogP contribution in [0.2, 0.25) is 0 Å².